The molecule has 0 saturated carbocycles. The van der Waals surface area contributed by atoms with Crippen molar-refractivity contribution in [3.63, 3.8) is 0 Å². The molecule has 4 rings (SSSR count). The van der Waals surface area contributed by atoms with E-state index in [-0.39, 0.29) is 0 Å². The molecule has 0 unspecified atom stereocenters. The highest BCUT2D eigenvalue weighted by atomic mass is 16.5. The Bertz CT molecular complexity index is 1140. The molecule has 178 valence electrons. The van der Waals surface area contributed by atoms with Gasteiger partial charge in [-0.1, -0.05) is 13.8 Å². The summed E-state index contributed by atoms with van der Waals surface area (Å²) < 4.78 is 5.39. The van der Waals surface area contributed by atoms with E-state index >= 15 is 0 Å². The molecule has 1 fully saturated rings. The number of morpholine rings is 1. The first-order chi connectivity index (χ1) is 16.6. The van der Waals surface area contributed by atoms with Gasteiger partial charge in [0.25, 0.3) is 0 Å². The fourth-order valence-corrected chi connectivity index (χ4v) is 3.74. The molecule has 34 heavy (non-hydrogen) atoms. The van der Waals surface area contributed by atoms with Gasteiger partial charge in [0.2, 0.25) is 0 Å². The number of nitrogens with zero attached hydrogens (tertiary/aromatic N) is 5. The molecular formula is C25H32N8O. The number of hydrogen-bond donors (Lipinski definition) is 3. The van der Waals surface area contributed by atoms with Gasteiger partial charge in [-0.3, -0.25) is 9.88 Å². The van der Waals surface area contributed by atoms with Gasteiger partial charge in [0.15, 0.2) is 5.82 Å². The van der Waals surface area contributed by atoms with Crippen LogP contribution in [-0.2, 0) is 4.74 Å². The maximum atomic E-state index is 7.86. The van der Waals surface area contributed by atoms with Crippen LogP contribution in [0.2, 0.25) is 0 Å². The van der Waals surface area contributed by atoms with Gasteiger partial charge in [0, 0.05) is 49.4 Å². The fraction of sp³-hybridized carbons (Fsp3) is 0.400. The average molecular weight is 461 g/mol. The van der Waals surface area contributed by atoms with E-state index in [1.807, 2.05) is 30.5 Å². The topological polar surface area (TPSA) is 112 Å². The van der Waals surface area contributed by atoms with Gasteiger partial charge in [-0.25, -0.2) is 4.98 Å². The number of allylic oxidation sites excluding steroid dienone is 1. The molecule has 0 amide bonds. The molecule has 4 heterocycles. The molecule has 0 aromatic carbocycles. The number of aromatic nitrogens is 4. The average Bonchev–Trinajstić information content (AvgIpc) is 2.86. The molecule has 1 saturated heterocycles. The van der Waals surface area contributed by atoms with Crippen LogP contribution >= 0.6 is 0 Å². The number of fused-ring (bicyclic) bond motifs is 1. The normalized spacial score (nSPS) is 15.0. The number of anilines is 2. The Morgan fingerprint density at radius 2 is 2.00 bits per heavy atom. The lowest BCUT2D eigenvalue weighted by atomic mass is 10.1. The Morgan fingerprint density at radius 3 is 2.79 bits per heavy atom. The molecule has 3 N–H and O–H groups in total. The van der Waals surface area contributed by atoms with Crippen LogP contribution in [0.4, 0.5) is 11.6 Å². The van der Waals surface area contributed by atoms with Gasteiger partial charge < -0.3 is 20.8 Å². The van der Waals surface area contributed by atoms with E-state index in [0.717, 1.165) is 73.5 Å². The molecule has 9 heteroatoms. The van der Waals surface area contributed by atoms with Crippen molar-refractivity contribution in [1.29, 1.82) is 5.41 Å². The molecule has 1 aliphatic heterocycles. The van der Waals surface area contributed by atoms with Crippen molar-refractivity contribution < 1.29 is 4.74 Å². The van der Waals surface area contributed by atoms with E-state index < -0.39 is 0 Å². The summed E-state index contributed by atoms with van der Waals surface area (Å²) in [6.07, 6.45) is 7.81. The molecule has 3 aromatic heterocycles. The van der Waals surface area contributed by atoms with Crippen LogP contribution < -0.4 is 10.6 Å². The van der Waals surface area contributed by atoms with Crippen molar-refractivity contribution in [2.24, 2.45) is 0 Å². The zero-order valence-corrected chi connectivity index (χ0v) is 19.8. The summed E-state index contributed by atoms with van der Waals surface area (Å²) in [6.45, 7) is 9.79. The van der Waals surface area contributed by atoms with Crippen LogP contribution in [-0.4, -0.2) is 70.7 Å². The van der Waals surface area contributed by atoms with Crippen molar-refractivity contribution in [1.82, 2.24) is 30.4 Å². The van der Waals surface area contributed by atoms with Crippen LogP contribution in [0.15, 0.2) is 42.9 Å². The standard InChI is InChI=1S/C25H32N8O/c1-18(2)19-13-25(32-29-17-19)31-24-5-4-22-23(30-24)12-20(16-28-22)21(14-26)15-27-6-3-7-33-8-10-34-11-9-33/h4-5,12-18,26-27H,3,6-11H2,1-2H3,(H,30,31,32)/b21-15+,26-14?. The number of nitrogens with one attached hydrogen (secondary N) is 3. The molecule has 9 nitrogen and oxygen atoms in total. The van der Waals surface area contributed by atoms with E-state index in [9.17, 15) is 0 Å². The van der Waals surface area contributed by atoms with E-state index in [4.69, 9.17) is 15.1 Å². The number of rotatable bonds is 10. The third-order valence-electron chi connectivity index (χ3n) is 5.78. The van der Waals surface area contributed by atoms with Gasteiger partial charge in [-0.15, -0.1) is 5.10 Å². The fourth-order valence-electron chi connectivity index (χ4n) is 3.74. The second kappa shape index (κ2) is 11.6. The molecule has 0 radical (unpaired) electrons. The maximum absolute atomic E-state index is 7.86. The van der Waals surface area contributed by atoms with Gasteiger partial charge >= 0.3 is 0 Å². The first kappa shape index (κ1) is 23.7. The third-order valence-corrected chi connectivity index (χ3v) is 5.78. The van der Waals surface area contributed by atoms with Crippen molar-refractivity contribution in [2.45, 2.75) is 26.2 Å². The summed E-state index contributed by atoms with van der Waals surface area (Å²) in [5.74, 6) is 1.69. The summed E-state index contributed by atoms with van der Waals surface area (Å²) >= 11 is 0. The minimum absolute atomic E-state index is 0.367. The quantitative estimate of drug-likeness (QED) is 0.311. The first-order valence-corrected chi connectivity index (χ1v) is 11.7. The lowest BCUT2D eigenvalue weighted by Crippen LogP contribution is -2.37. The molecule has 0 bridgehead atoms. The monoisotopic (exact) mass is 460 g/mol. The largest absolute Gasteiger partial charge is 0.390 e. The lowest BCUT2D eigenvalue weighted by molar-refractivity contribution is 0.0375. The first-order valence-electron chi connectivity index (χ1n) is 11.7. The highest BCUT2D eigenvalue weighted by molar-refractivity contribution is 6.08. The minimum Gasteiger partial charge on any atom is -0.390 e. The zero-order valence-electron chi connectivity index (χ0n) is 19.8. The summed E-state index contributed by atoms with van der Waals surface area (Å²) in [5, 5.41) is 22.7. The number of ether oxygens (including phenoxy) is 1. The Hall–Kier alpha value is -3.43. The highest BCUT2D eigenvalue weighted by Gasteiger charge is 2.09. The van der Waals surface area contributed by atoms with E-state index in [0.29, 0.717) is 17.6 Å². The van der Waals surface area contributed by atoms with E-state index in [1.54, 1.807) is 12.4 Å². The van der Waals surface area contributed by atoms with Gasteiger partial charge in [0.05, 0.1) is 30.4 Å². The van der Waals surface area contributed by atoms with E-state index in [2.05, 4.69) is 44.6 Å². The second-order valence-electron chi connectivity index (χ2n) is 8.62. The molecule has 0 spiro atoms. The van der Waals surface area contributed by atoms with Crippen LogP contribution in [0.5, 0.6) is 0 Å². The van der Waals surface area contributed by atoms with Crippen molar-refractivity contribution in [3.8, 4) is 0 Å². The second-order valence-corrected chi connectivity index (χ2v) is 8.62. The van der Waals surface area contributed by atoms with Crippen LogP contribution in [0.3, 0.4) is 0 Å². The molecule has 0 atom stereocenters. The van der Waals surface area contributed by atoms with Crippen molar-refractivity contribution >= 4 is 34.5 Å². The molecule has 0 aliphatic carbocycles. The maximum Gasteiger partial charge on any atom is 0.154 e. The molecule has 3 aromatic rings. The van der Waals surface area contributed by atoms with Gasteiger partial charge in [-0.05, 0) is 48.7 Å². The lowest BCUT2D eigenvalue weighted by Gasteiger charge is -2.26. The molecule has 1 aliphatic rings. The minimum atomic E-state index is 0.367. The Morgan fingerprint density at radius 1 is 1.15 bits per heavy atom. The summed E-state index contributed by atoms with van der Waals surface area (Å²) in [7, 11) is 0. The smallest absolute Gasteiger partial charge is 0.154 e. The summed E-state index contributed by atoms with van der Waals surface area (Å²) in [6, 6.07) is 7.74. The molecular weight excluding hydrogens is 428 g/mol. The third kappa shape index (κ3) is 6.33. The summed E-state index contributed by atoms with van der Waals surface area (Å²) in [5.41, 5.74) is 4.25. The van der Waals surface area contributed by atoms with Gasteiger partial charge in [0.1, 0.15) is 5.82 Å². The highest BCUT2D eigenvalue weighted by Crippen LogP contribution is 2.21. The number of hydrogen-bond acceptors (Lipinski definition) is 9. The Labute approximate surface area is 200 Å². The Kier molecular flexibility index (Phi) is 8.11. The SMILES string of the molecule is CC(C)c1cnnc(Nc2ccc3ncc(/C(C=N)=C/NCCCN4CCOCC4)cc3n2)c1. The van der Waals surface area contributed by atoms with E-state index in [1.165, 1.54) is 6.21 Å². The van der Waals surface area contributed by atoms with Crippen LogP contribution in [0, 0.1) is 5.41 Å². The predicted octanol–water partition coefficient (Wildman–Crippen LogP) is 3.59. The Balaban J connectivity index is 1.41. The van der Waals surface area contributed by atoms with Crippen molar-refractivity contribution in [3.05, 3.63) is 54.0 Å². The van der Waals surface area contributed by atoms with Crippen LogP contribution in [0.25, 0.3) is 16.6 Å². The van der Waals surface area contributed by atoms with Crippen LogP contribution in [0.1, 0.15) is 37.3 Å². The van der Waals surface area contributed by atoms with Crippen molar-refractivity contribution in [2.75, 3.05) is 44.7 Å². The predicted molar refractivity (Wildman–Crippen MR) is 136 cm³/mol. The number of pyridine rings is 2. The summed E-state index contributed by atoms with van der Waals surface area (Å²) in [4.78, 5) is 11.7. The zero-order chi connectivity index (χ0) is 23.8. The van der Waals surface area contributed by atoms with Gasteiger partial charge in [-0.2, -0.15) is 5.10 Å².